The Morgan fingerprint density at radius 2 is 1.90 bits per heavy atom. The van der Waals surface area contributed by atoms with E-state index in [-0.39, 0.29) is 30.7 Å². The predicted octanol–water partition coefficient (Wildman–Crippen LogP) is 4.70. The molecule has 3 rings (SSSR count). The number of carbonyl (C=O) groups excluding carboxylic acids is 2. The van der Waals surface area contributed by atoms with Gasteiger partial charge in [-0.3, -0.25) is 9.59 Å². The summed E-state index contributed by atoms with van der Waals surface area (Å²) in [6.07, 6.45) is 0. The average Bonchev–Trinajstić information content (AvgIpc) is 3.19. The molecule has 0 fully saturated rings. The van der Waals surface area contributed by atoms with E-state index >= 15 is 0 Å². The van der Waals surface area contributed by atoms with E-state index < -0.39 is 0 Å². The lowest BCUT2D eigenvalue weighted by atomic mass is 10.1. The summed E-state index contributed by atoms with van der Waals surface area (Å²) in [5, 5.41) is 5.83. The molecule has 0 saturated carbocycles. The number of hydrogen-bond acceptors (Lipinski definition) is 5. The third-order valence-corrected chi connectivity index (χ3v) is 5.63. The first-order valence-corrected chi connectivity index (χ1v) is 10.5. The predicted molar refractivity (Wildman–Crippen MR) is 119 cm³/mol. The Labute approximate surface area is 184 Å². The summed E-state index contributed by atoms with van der Waals surface area (Å²) < 4.78 is 5.65. The van der Waals surface area contributed by atoms with Crippen LogP contribution in [-0.4, -0.2) is 35.3 Å². The lowest BCUT2D eigenvalue weighted by Gasteiger charge is -2.16. The van der Waals surface area contributed by atoms with Crippen molar-refractivity contribution < 1.29 is 14.3 Å². The van der Waals surface area contributed by atoms with Gasteiger partial charge >= 0.3 is 0 Å². The first-order valence-electron chi connectivity index (χ1n) is 9.28. The molecule has 1 aromatic heterocycles. The molecule has 0 saturated heterocycles. The number of aryl methyl sites for hydroxylation is 1. The number of carbonyl (C=O) groups is 2. The van der Waals surface area contributed by atoms with Crippen LogP contribution < -0.4 is 10.1 Å². The van der Waals surface area contributed by atoms with Gasteiger partial charge in [0.2, 0.25) is 5.91 Å². The van der Waals surface area contributed by atoms with Crippen molar-refractivity contribution in [2.45, 2.75) is 20.5 Å². The van der Waals surface area contributed by atoms with E-state index in [1.54, 1.807) is 36.7 Å². The second-order valence-electron chi connectivity index (χ2n) is 6.83. The number of anilines is 1. The number of amides is 2. The Kier molecular flexibility index (Phi) is 7.07. The van der Waals surface area contributed by atoms with Crippen molar-refractivity contribution >= 4 is 40.4 Å². The lowest BCUT2D eigenvalue weighted by Crippen LogP contribution is -2.35. The first kappa shape index (κ1) is 21.8. The van der Waals surface area contributed by atoms with Crippen LogP contribution in [0.3, 0.4) is 0 Å². The molecule has 2 amide bonds. The molecule has 156 valence electrons. The largest absolute Gasteiger partial charge is 0.486 e. The number of likely N-dealkylation sites (N-methyl/N-ethyl adjacent to an activating group) is 1. The molecule has 30 heavy (non-hydrogen) atoms. The minimum atomic E-state index is -0.319. The normalized spacial score (nSPS) is 10.5. The van der Waals surface area contributed by atoms with Gasteiger partial charge in [-0.1, -0.05) is 23.7 Å². The maximum absolute atomic E-state index is 12.6. The van der Waals surface area contributed by atoms with E-state index in [4.69, 9.17) is 16.3 Å². The van der Waals surface area contributed by atoms with Crippen molar-refractivity contribution in [1.29, 1.82) is 0 Å². The van der Waals surface area contributed by atoms with Crippen molar-refractivity contribution in [2.24, 2.45) is 0 Å². The molecule has 1 N–H and O–H groups in total. The fraction of sp³-hybridized carbons (Fsp3) is 0.227. The van der Waals surface area contributed by atoms with Gasteiger partial charge in [-0.25, -0.2) is 4.98 Å². The SMILES string of the molecule is Cc1cccc(NC(=O)CN(C)C(=O)c2csc(COc3ccc(Cl)cc3)n2)c1C. The van der Waals surface area contributed by atoms with Crippen LogP contribution >= 0.6 is 22.9 Å². The topological polar surface area (TPSA) is 71.5 Å². The average molecular weight is 444 g/mol. The highest BCUT2D eigenvalue weighted by Gasteiger charge is 2.18. The molecule has 0 radical (unpaired) electrons. The van der Waals surface area contributed by atoms with E-state index in [0.717, 1.165) is 16.8 Å². The molecule has 0 spiro atoms. The van der Waals surface area contributed by atoms with Crippen LogP contribution in [-0.2, 0) is 11.4 Å². The maximum Gasteiger partial charge on any atom is 0.273 e. The van der Waals surface area contributed by atoms with Crippen molar-refractivity contribution in [3.63, 3.8) is 0 Å². The molecule has 6 nitrogen and oxygen atoms in total. The summed E-state index contributed by atoms with van der Waals surface area (Å²) in [7, 11) is 1.58. The Morgan fingerprint density at radius 1 is 1.17 bits per heavy atom. The summed E-state index contributed by atoms with van der Waals surface area (Å²) in [5.74, 6) is 0.0869. The summed E-state index contributed by atoms with van der Waals surface area (Å²) >= 11 is 7.19. The van der Waals surface area contributed by atoms with E-state index in [2.05, 4.69) is 10.3 Å². The summed E-state index contributed by atoms with van der Waals surface area (Å²) in [4.78, 5) is 30.6. The molecule has 1 heterocycles. The number of aromatic nitrogens is 1. The first-order chi connectivity index (χ1) is 14.3. The van der Waals surface area contributed by atoms with Gasteiger partial charge in [-0.05, 0) is 55.3 Å². The number of benzene rings is 2. The third-order valence-electron chi connectivity index (χ3n) is 4.55. The number of halogens is 1. The van der Waals surface area contributed by atoms with Gasteiger partial charge in [0.15, 0.2) is 0 Å². The van der Waals surface area contributed by atoms with Crippen LogP contribution in [0.1, 0.15) is 26.6 Å². The number of thiazole rings is 1. The molecule has 8 heteroatoms. The smallest absolute Gasteiger partial charge is 0.273 e. The van der Waals surface area contributed by atoms with Gasteiger partial charge in [0, 0.05) is 23.1 Å². The van der Waals surface area contributed by atoms with E-state index in [1.807, 2.05) is 32.0 Å². The van der Waals surface area contributed by atoms with Crippen LogP contribution in [0.2, 0.25) is 5.02 Å². The maximum atomic E-state index is 12.6. The Morgan fingerprint density at radius 3 is 2.63 bits per heavy atom. The van der Waals surface area contributed by atoms with Crippen LogP contribution in [0.5, 0.6) is 5.75 Å². The molecule has 0 unspecified atom stereocenters. The molecule has 3 aromatic rings. The van der Waals surface area contributed by atoms with Crippen LogP contribution in [0.15, 0.2) is 47.8 Å². The fourth-order valence-corrected chi connectivity index (χ4v) is 3.52. The Hall–Kier alpha value is -2.90. The number of hydrogen-bond donors (Lipinski definition) is 1. The van der Waals surface area contributed by atoms with Gasteiger partial charge in [0.25, 0.3) is 5.91 Å². The second kappa shape index (κ2) is 9.73. The Bertz CT molecular complexity index is 1050. The van der Waals surface area contributed by atoms with Gasteiger partial charge < -0.3 is 15.0 Å². The highest BCUT2D eigenvalue weighted by Crippen LogP contribution is 2.19. The monoisotopic (exact) mass is 443 g/mol. The molecule has 0 aliphatic heterocycles. The van der Waals surface area contributed by atoms with Crippen LogP contribution in [0.4, 0.5) is 5.69 Å². The highest BCUT2D eigenvalue weighted by molar-refractivity contribution is 7.09. The molecular formula is C22H22ClN3O3S. The van der Waals surface area contributed by atoms with Gasteiger partial charge in [-0.2, -0.15) is 0 Å². The lowest BCUT2D eigenvalue weighted by molar-refractivity contribution is -0.116. The van der Waals surface area contributed by atoms with Crippen LogP contribution in [0, 0.1) is 13.8 Å². The van der Waals surface area contributed by atoms with Gasteiger partial charge in [0.1, 0.15) is 23.1 Å². The molecule has 0 aliphatic carbocycles. The van der Waals surface area contributed by atoms with E-state index in [0.29, 0.717) is 15.8 Å². The van der Waals surface area contributed by atoms with E-state index in [1.165, 1.54) is 16.2 Å². The zero-order chi connectivity index (χ0) is 21.7. The van der Waals surface area contributed by atoms with E-state index in [9.17, 15) is 9.59 Å². The minimum Gasteiger partial charge on any atom is -0.486 e. The van der Waals surface area contributed by atoms with Gasteiger partial charge in [-0.15, -0.1) is 11.3 Å². The Balaban J connectivity index is 1.54. The fourth-order valence-electron chi connectivity index (χ4n) is 2.71. The second-order valence-corrected chi connectivity index (χ2v) is 8.21. The number of rotatable bonds is 7. The number of ether oxygens (including phenoxy) is 1. The molecule has 0 atom stereocenters. The van der Waals surface area contributed by atoms with Crippen LogP contribution in [0.25, 0.3) is 0 Å². The number of nitrogens with one attached hydrogen (secondary N) is 1. The quantitative estimate of drug-likeness (QED) is 0.574. The van der Waals surface area contributed by atoms with Crippen molar-refractivity contribution in [2.75, 3.05) is 18.9 Å². The zero-order valence-electron chi connectivity index (χ0n) is 16.9. The molecular weight excluding hydrogens is 422 g/mol. The van der Waals surface area contributed by atoms with Gasteiger partial charge in [0.05, 0.1) is 6.54 Å². The summed E-state index contributed by atoms with van der Waals surface area (Å²) in [6, 6.07) is 12.7. The standard InChI is InChI=1S/C22H22ClN3O3S/c1-14-5-4-6-18(15(14)2)24-20(27)11-26(3)22(28)19-13-30-21(25-19)12-29-17-9-7-16(23)8-10-17/h4-10,13H,11-12H2,1-3H3,(H,24,27). The molecule has 0 aliphatic rings. The third kappa shape index (κ3) is 5.58. The minimum absolute atomic E-state index is 0.0691. The molecule has 0 bridgehead atoms. The number of nitrogens with zero attached hydrogens (tertiary/aromatic N) is 2. The zero-order valence-corrected chi connectivity index (χ0v) is 18.5. The molecule has 2 aromatic carbocycles. The van der Waals surface area contributed by atoms with Crippen molar-refractivity contribution in [1.82, 2.24) is 9.88 Å². The van der Waals surface area contributed by atoms with Crippen molar-refractivity contribution in [3.05, 3.63) is 74.7 Å². The summed E-state index contributed by atoms with van der Waals surface area (Å²) in [5.41, 5.74) is 3.13. The van der Waals surface area contributed by atoms with Crippen molar-refractivity contribution in [3.8, 4) is 5.75 Å². The summed E-state index contributed by atoms with van der Waals surface area (Å²) in [6.45, 7) is 4.11. The highest BCUT2D eigenvalue weighted by atomic mass is 35.5.